The van der Waals surface area contributed by atoms with Crippen LogP contribution in [0.3, 0.4) is 0 Å². The van der Waals surface area contributed by atoms with E-state index in [4.69, 9.17) is 4.74 Å². The zero-order valence-electron chi connectivity index (χ0n) is 18.9. The van der Waals surface area contributed by atoms with Crippen LogP contribution >= 0.6 is 15.9 Å². The molecule has 34 heavy (non-hydrogen) atoms. The number of hydrogen-bond acceptors (Lipinski definition) is 2. The first kappa shape index (κ1) is 29.7. The molecule has 0 radical (unpaired) electrons. The van der Waals surface area contributed by atoms with E-state index in [0.717, 1.165) is 6.08 Å². The second-order valence-corrected chi connectivity index (χ2v) is 8.13. The molecule has 11 heteroatoms. The minimum atomic E-state index is -5.02. The van der Waals surface area contributed by atoms with Gasteiger partial charge in [0.15, 0.2) is 0 Å². The number of carbonyl (C=O) groups excluding carboxylic acids is 1. The summed E-state index contributed by atoms with van der Waals surface area (Å²) in [5.41, 5.74) is -2.52. The van der Waals surface area contributed by atoms with Crippen LogP contribution in [-0.2, 0) is 11.3 Å². The van der Waals surface area contributed by atoms with Gasteiger partial charge in [0.1, 0.15) is 12.4 Å². The molecule has 0 heterocycles. The lowest BCUT2D eigenvalue weighted by Crippen LogP contribution is -2.37. The fourth-order valence-corrected chi connectivity index (χ4v) is 3.16. The molecule has 1 aromatic rings. The van der Waals surface area contributed by atoms with Crippen molar-refractivity contribution in [3.8, 4) is 0 Å². The molecule has 2 rings (SSSR count). The van der Waals surface area contributed by atoms with Gasteiger partial charge in [-0.25, -0.2) is 9.18 Å². The minimum Gasteiger partial charge on any atom is -0.448 e. The van der Waals surface area contributed by atoms with E-state index in [1.807, 2.05) is 13.8 Å². The fraction of sp³-hybridized carbons (Fsp3) is 0.435. The van der Waals surface area contributed by atoms with E-state index in [9.17, 15) is 35.5 Å². The number of hydrogen-bond donors (Lipinski definition) is 0. The smallest absolute Gasteiger partial charge is 0.416 e. The number of nitrogens with zero attached hydrogens (tertiary/aromatic N) is 1. The van der Waals surface area contributed by atoms with Crippen molar-refractivity contribution in [3.63, 3.8) is 0 Å². The summed E-state index contributed by atoms with van der Waals surface area (Å²) in [7, 11) is 0. The largest absolute Gasteiger partial charge is 0.448 e. The van der Waals surface area contributed by atoms with Gasteiger partial charge in [-0.2, -0.15) is 26.3 Å². The average Bonchev–Trinajstić information content (AvgIpc) is 2.97. The molecular formula is C23H25BrF7NO2. The zero-order valence-corrected chi connectivity index (χ0v) is 20.5. The Kier molecular flexibility index (Phi) is 10.9. The van der Waals surface area contributed by atoms with Crippen LogP contribution in [0.25, 0.3) is 0 Å². The summed E-state index contributed by atoms with van der Waals surface area (Å²) in [6.07, 6.45) is -8.88. The molecule has 0 fully saturated rings. The summed E-state index contributed by atoms with van der Waals surface area (Å²) in [5.74, 6) is -1.76. The molecule has 0 aromatic heterocycles. The fourth-order valence-electron chi connectivity index (χ4n) is 2.79. The second kappa shape index (κ2) is 12.4. The van der Waals surface area contributed by atoms with Crippen LogP contribution in [0.5, 0.6) is 0 Å². The van der Waals surface area contributed by atoms with Gasteiger partial charge in [0.25, 0.3) is 0 Å². The quantitative estimate of drug-likeness (QED) is 0.341. The van der Waals surface area contributed by atoms with Crippen molar-refractivity contribution >= 4 is 22.0 Å². The lowest BCUT2D eigenvalue weighted by molar-refractivity contribution is -0.0933. The van der Waals surface area contributed by atoms with Crippen molar-refractivity contribution in [3.05, 3.63) is 69.5 Å². The molecule has 0 N–H and O–H groups in total. The molecule has 0 aliphatic heterocycles. The zero-order chi connectivity index (χ0) is 26.3. The van der Waals surface area contributed by atoms with Crippen molar-refractivity contribution in [2.24, 2.45) is 5.92 Å². The van der Waals surface area contributed by atoms with Crippen molar-refractivity contribution in [2.45, 2.75) is 52.6 Å². The first-order valence-electron chi connectivity index (χ1n) is 10.3. The molecule has 1 amide bonds. The van der Waals surface area contributed by atoms with Gasteiger partial charge >= 0.3 is 18.4 Å². The number of halogens is 8. The molecule has 1 aliphatic carbocycles. The summed E-state index contributed by atoms with van der Waals surface area (Å²) < 4.78 is 97.4. The monoisotopic (exact) mass is 559 g/mol. The van der Waals surface area contributed by atoms with Crippen LogP contribution in [0, 0.1) is 11.7 Å². The van der Waals surface area contributed by atoms with Gasteiger partial charge in [-0.1, -0.05) is 48.0 Å². The minimum absolute atomic E-state index is 0.0141. The second-order valence-electron chi connectivity index (χ2n) is 7.27. The van der Waals surface area contributed by atoms with Crippen LogP contribution in [-0.4, -0.2) is 36.0 Å². The highest BCUT2D eigenvalue weighted by Gasteiger charge is 2.39. The van der Waals surface area contributed by atoms with Crippen molar-refractivity contribution in [1.82, 2.24) is 4.90 Å². The standard InChI is InChI=1S/C21H19BrF7NO2.C2H6/c1-12(2)30(10-14-8-17(23)5-6-18(14)22)19(31)32-11-13-3-4-15(20(24,25)26)9-16(7-13)21(27,28)29;1-2/h3-9,12-13H,10-11H2,1-2H3;1-2H3. The average molecular weight is 560 g/mol. The third-order valence-electron chi connectivity index (χ3n) is 4.49. The topological polar surface area (TPSA) is 29.5 Å². The van der Waals surface area contributed by atoms with Gasteiger partial charge in [-0.15, -0.1) is 0 Å². The Balaban J connectivity index is 0.00000281. The normalized spacial score (nSPS) is 16.2. The first-order valence-corrected chi connectivity index (χ1v) is 11.1. The molecule has 0 saturated heterocycles. The number of ether oxygens (including phenoxy) is 1. The molecule has 1 aromatic carbocycles. The summed E-state index contributed by atoms with van der Waals surface area (Å²) in [4.78, 5) is 13.8. The van der Waals surface area contributed by atoms with E-state index in [-0.39, 0.29) is 12.6 Å². The van der Waals surface area contributed by atoms with E-state index in [2.05, 4.69) is 15.9 Å². The summed E-state index contributed by atoms with van der Waals surface area (Å²) in [6, 6.07) is 3.47. The molecule has 1 unspecified atom stereocenters. The molecular weight excluding hydrogens is 535 g/mol. The highest BCUT2D eigenvalue weighted by molar-refractivity contribution is 9.10. The Morgan fingerprint density at radius 2 is 1.68 bits per heavy atom. The first-order chi connectivity index (χ1) is 15.7. The molecule has 3 nitrogen and oxygen atoms in total. The maximum atomic E-state index is 13.5. The lowest BCUT2D eigenvalue weighted by Gasteiger charge is -2.27. The Labute approximate surface area is 202 Å². The lowest BCUT2D eigenvalue weighted by atomic mass is 10.1. The van der Waals surface area contributed by atoms with E-state index < -0.39 is 54.0 Å². The Morgan fingerprint density at radius 1 is 1.09 bits per heavy atom. The Morgan fingerprint density at radius 3 is 2.21 bits per heavy atom. The number of rotatable bonds is 5. The maximum absolute atomic E-state index is 13.5. The van der Waals surface area contributed by atoms with Crippen molar-refractivity contribution < 1.29 is 40.3 Å². The van der Waals surface area contributed by atoms with Crippen molar-refractivity contribution in [1.29, 1.82) is 0 Å². The molecule has 1 aliphatic rings. The molecule has 0 spiro atoms. The van der Waals surface area contributed by atoms with E-state index in [1.165, 1.54) is 23.1 Å². The number of carbonyl (C=O) groups is 1. The molecule has 0 bridgehead atoms. The number of amides is 1. The number of benzene rings is 1. The van der Waals surface area contributed by atoms with Gasteiger partial charge < -0.3 is 9.64 Å². The Bertz CT molecular complexity index is 934. The molecule has 1 atom stereocenters. The van der Waals surface area contributed by atoms with Crippen LogP contribution in [0.1, 0.15) is 33.3 Å². The summed E-state index contributed by atoms with van der Waals surface area (Å²) in [5, 5.41) is 0. The van der Waals surface area contributed by atoms with Gasteiger partial charge in [-0.3, -0.25) is 0 Å². The summed E-state index contributed by atoms with van der Waals surface area (Å²) >= 11 is 3.25. The van der Waals surface area contributed by atoms with Gasteiger partial charge in [0.2, 0.25) is 0 Å². The number of alkyl halides is 6. The predicted octanol–water partition coefficient (Wildman–Crippen LogP) is 8.12. The van der Waals surface area contributed by atoms with Crippen LogP contribution in [0.2, 0.25) is 0 Å². The predicted molar refractivity (Wildman–Crippen MR) is 118 cm³/mol. The maximum Gasteiger partial charge on any atom is 0.416 e. The van der Waals surface area contributed by atoms with Crippen molar-refractivity contribution in [2.75, 3.05) is 6.61 Å². The van der Waals surface area contributed by atoms with Crippen LogP contribution in [0.4, 0.5) is 35.5 Å². The van der Waals surface area contributed by atoms with E-state index in [1.54, 1.807) is 13.8 Å². The Hall–Kier alpha value is -2.30. The third kappa shape index (κ3) is 8.81. The molecule has 0 saturated carbocycles. The van der Waals surface area contributed by atoms with Gasteiger partial charge in [0, 0.05) is 16.4 Å². The van der Waals surface area contributed by atoms with Gasteiger partial charge in [-0.05, 0) is 43.7 Å². The highest BCUT2D eigenvalue weighted by atomic mass is 79.9. The SMILES string of the molecule is CC.CC(C)N(Cc1cc(F)ccc1Br)C(=O)OCC1C=CC(C(F)(F)F)=CC(C(F)(F)F)=C1. The number of allylic oxidation sites excluding steroid dienone is 4. The van der Waals surface area contributed by atoms with E-state index >= 15 is 0 Å². The van der Waals surface area contributed by atoms with Crippen LogP contribution < -0.4 is 0 Å². The van der Waals surface area contributed by atoms with E-state index in [0.29, 0.717) is 22.2 Å². The molecule has 190 valence electrons. The highest BCUT2D eigenvalue weighted by Crippen LogP contribution is 2.36. The van der Waals surface area contributed by atoms with Crippen LogP contribution in [0.15, 0.2) is 58.1 Å². The van der Waals surface area contributed by atoms with Gasteiger partial charge in [0.05, 0.1) is 17.7 Å². The summed E-state index contributed by atoms with van der Waals surface area (Å²) in [6.45, 7) is 6.64. The third-order valence-corrected chi connectivity index (χ3v) is 5.26.